The van der Waals surface area contributed by atoms with Gasteiger partial charge in [0.1, 0.15) is 17.3 Å². The van der Waals surface area contributed by atoms with E-state index in [1.807, 2.05) is 0 Å². The first-order chi connectivity index (χ1) is 10.6. The molecule has 0 bridgehead atoms. The molecule has 2 N–H and O–H groups in total. The Morgan fingerprint density at radius 1 is 1.36 bits per heavy atom. The maximum Gasteiger partial charge on any atom is 0.255 e. The Hall–Kier alpha value is -3.02. The predicted octanol–water partition coefficient (Wildman–Crippen LogP) is 2.07. The Morgan fingerprint density at radius 3 is 2.86 bits per heavy atom. The van der Waals surface area contributed by atoms with E-state index in [0.717, 1.165) is 0 Å². The zero-order valence-corrected chi connectivity index (χ0v) is 11.8. The van der Waals surface area contributed by atoms with Gasteiger partial charge in [0.2, 0.25) is 5.78 Å². The van der Waals surface area contributed by atoms with Crippen LogP contribution in [-0.4, -0.2) is 18.3 Å². The minimum atomic E-state index is -0.574. The van der Waals surface area contributed by atoms with Gasteiger partial charge < -0.3 is 19.6 Å². The number of rotatable bonds is 4. The molecule has 1 amide bonds. The zero-order valence-electron chi connectivity index (χ0n) is 11.8. The molecule has 1 aromatic carbocycles. The molecule has 6 nitrogen and oxygen atoms in total. The van der Waals surface area contributed by atoms with Crippen molar-refractivity contribution < 1.29 is 23.5 Å². The summed E-state index contributed by atoms with van der Waals surface area (Å²) < 4.78 is 16.1. The lowest BCUT2D eigenvalue weighted by Gasteiger charge is -2.09. The van der Waals surface area contributed by atoms with Gasteiger partial charge in [0.05, 0.1) is 11.8 Å². The van der Waals surface area contributed by atoms with Crippen LogP contribution >= 0.6 is 0 Å². The van der Waals surface area contributed by atoms with E-state index in [0.29, 0.717) is 28.4 Å². The summed E-state index contributed by atoms with van der Waals surface area (Å²) in [6.07, 6.45) is 3.05. The molecule has 0 radical (unpaired) electrons. The van der Waals surface area contributed by atoms with E-state index in [9.17, 15) is 9.59 Å². The predicted molar refractivity (Wildman–Crippen MR) is 77.5 cm³/mol. The van der Waals surface area contributed by atoms with Crippen molar-refractivity contribution in [3.05, 3.63) is 53.2 Å². The first-order valence-corrected chi connectivity index (χ1v) is 6.58. The van der Waals surface area contributed by atoms with Crippen LogP contribution in [0, 0.1) is 6.92 Å². The zero-order chi connectivity index (χ0) is 15.7. The molecular formula is C16H13NO5. The van der Waals surface area contributed by atoms with E-state index in [1.165, 1.54) is 12.3 Å². The van der Waals surface area contributed by atoms with Crippen LogP contribution in [0.5, 0.6) is 11.5 Å². The lowest BCUT2D eigenvalue weighted by atomic mass is 10.1. The third-order valence-electron chi connectivity index (χ3n) is 3.22. The van der Waals surface area contributed by atoms with Gasteiger partial charge in [0, 0.05) is 11.6 Å². The Bertz CT molecular complexity index is 774. The fraction of sp³-hybridized carbons (Fsp3) is 0.125. The fourth-order valence-electron chi connectivity index (χ4n) is 2.18. The van der Waals surface area contributed by atoms with Crippen LogP contribution in [0.3, 0.4) is 0 Å². The van der Waals surface area contributed by atoms with Gasteiger partial charge in [-0.25, -0.2) is 0 Å². The van der Waals surface area contributed by atoms with Crippen molar-refractivity contribution in [1.29, 1.82) is 0 Å². The second kappa shape index (κ2) is 5.40. The van der Waals surface area contributed by atoms with Gasteiger partial charge in [-0.05, 0) is 31.2 Å². The molecule has 112 valence electrons. The van der Waals surface area contributed by atoms with Gasteiger partial charge in [-0.15, -0.1) is 0 Å². The molecule has 1 aromatic heterocycles. The molecule has 0 spiro atoms. The number of primary amides is 1. The largest absolute Gasteiger partial charge is 0.483 e. The van der Waals surface area contributed by atoms with Crippen LogP contribution < -0.4 is 15.2 Å². The summed E-state index contributed by atoms with van der Waals surface area (Å²) in [6.45, 7) is 1.51. The topological polar surface area (TPSA) is 91.8 Å². The highest BCUT2D eigenvalue weighted by atomic mass is 16.5. The van der Waals surface area contributed by atoms with Crippen LogP contribution in [0.1, 0.15) is 21.7 Å². The van der Waals surface area contributed by atoms with E-state index >= 15 is 0 Å². The summed E-state index contributed by atoms with van der Waals surface area (Å²) in [7, 11) is 0. The number of ketones is 1. The number of carbonyl (C=O) groups is 2. The van der Waals surface area contributed by atoms with Crippen LogP contribution in [0.2, 0.25) is 0 Å². The monoisotopic (exact) mass is 299 g/mol. The van der Waals surface area contributed by atoms with E-state index in [1.54, 1.807) is 31.2 Å². The molecule has 0 saturated heterocycles. The lowest BCUT2D eigenvalue weighted by Crippen LogP contribution is -2.20. The number of Topliss-reactive ketones (excluding diaryl/α,β-unsaturated/α-hetero) is 1. The SMILES string of the molecule is Cc1c(OCC(N)=O)ccc2c1OC(=Cc1ccco1)C2=O. The average Bonchev–Trinajstić information content (AvgIpc) is 3.09. The molecule has 0 fully saturated rings. The van der Waals surface area contributed by atoms with Gasteiger partial charge >= 0.3 is 0 Å². The highest BCUT2D eigenvalue weighted by molar-refractivity contribution is 6.14. The number of furan rings is 1. The number of hydrogen-bond donors (Lipinski definition) is 1. The molecule has 2 aromatic rings. The number of nitrogens with two attached hydrogens (primary N) is 1. The number of hydrogen-bond acceptors (Lipinski definition) is 5. The van der Waals surface area contributed by atoms with Crippen LogP contribution in [0.15, 0.2) is 40.7 Å². The summed E-state index contributed by atoms with van der Waals surface area (Å²) in [4.78, 5) is 23.1. The molecule has 22 heavy (non-hydrogen) atoms. The van der Waals surface area contributed by atoms with E-state index in [-0.39, 0.29) is 18.1 Å². The van der Waals surface area contributed by atoms with Gasteiger partial charge in [0.25, 0.3) is 5.91 Å². The van der Waals surface area contributed by atoms with Gasteiger partial charge in [-0.1, -0.05) is 0 Å². The fourth-order valence-corrected chi connectivity index (χ4v) is 2.18. The van der Waals surface area contributed by atoms with Crippen LogP contribution in [-0.2, 0) is 4.79 Å². The summed E-state index contributed by atoms with van der Waals surface area (Å²) >= 11 is 0. The number of ether oxygens (including phenoxy) is 2. The second-order valence-corrected chi connectivity index (χ2v) is 4.78. The van der Waals surface area contributed by atoms with Crippen molar-refractivity contribution in [2.24, 2.45) is 5.73 Å². The number of carbonyl (C=O) groups excluding carboxylic acids is 2. The van der Waals surface area contributed by atoms with Gasteiger partial charge in [-0.3, -0.25) is 9.59 Å². The molecule has 2 heterocycles. The lowest BCUT2D eigenvalue weighted by molar-refractivity contribution is -0.119. The summed E-state index contributed by atoms with van der Waals surface area (Å²) in [5.74, 6) is 0.778. The minimum Gasteiger partial charge on any atom is -0.483 e. The maximum absolute atomic E-state index is 12.3. The quantitative estimate of drug-likeness (QED) is 0.872. The summed E-state index contributed by atoms with van der Waals surface area (Å²) in [6, 6.07) is 6.67. The first kappa shape index (κ1) is 13.9. The molecule has 6 heteroatoms. The van der Waals surface area contributed by atoms with Gasteiger partial charge in [-0.2, -0.15) is 0 Å². The number of fused-ring (bicyclic) bond motifs is 1. The third-order valence-corrected chi connectivity index (χ3v) is 3.22. The molecular weight excluding hydrogens is 286 g/mol. The third kappa shape index (κ3) is 2.46. The van der Waals surface area contributed by atoms with Crippen LogP contribution in [0.4, 0.5) is 0 Å². The Morgan fingerprint density at radius 2 is 2.18 bits per heavy atom. The normalized spacial score (nSPS) is 14.8. The van der Waals surface area contributed by atoms with Crippen LogP contribution in [0.25, 0.3) is 6.08 Å². The number of amides is 1. The van der Waals surface area contributed by atoms with Gasteiger partial charge in [0.15, 0.2) is 12.4 Å². The molecule has 0 saturated carbocycles. The Labute approximate surface area is 126 Å². The smallest absolute Gasteiger partial charge is 0.255 e. The molecule has 0 atom stereocenters. The van der Waals surface area contributed by atoms with Crippen molar-refractivity contribution in [3.63, 3.8) is 0 Å². The standard InChI is InChI=1S/C16H13NO5/c1-9-12(21-8-14(17)18)5-4-11-15(19)13(22-16(9)11)7-10-3-2-6-20-10/h2-7H,8H2,1H3,(H2,17,18). The highest BCUT2D eigenvalue weighted by Gasteiger charge is 2.30. The number of benzene rings is 1. The van der Waals surface area contributed by atoms with Crippen molar-refractivity contribution in [1.82, 2.24) is 0 Å². The average molecular weight is 299 g/mol. The van der Waals surface area contributed by atoms with E-state index in [2.05, 4.69) is 0 Å². The maximum atomic E-state index is 12.3. The molecule has 0 unspecified atom stereocenters. The molecule has 0 aliphatic carbocycles. The first-order valence-electron chi connectivity index (χ1n) is 6.58. The van der Waals surface area contributed by atoms with Crippen molar-refractivity contribution >= 4 is 17.8 Å². The van der Waals surface area contributed by atoms with Crippen molar-refractivity contribution in [2.45, 2.75) is 6.92 Å². The Kier molecular flexibility index (Phi) is 3.42. The minimum absolute atomic E-state index is 0.181. The van der Waals surface area contributed by atoms with E-state index < -0.39 is 5.91 Å². The molecule has 3 rings (SSSR count). The summed E-state index contributed by atoms with van der Waals surface area (Å²) in [5.41, 5.74) is 6.13. The van der Waals surface area contributed by atoms with E-state index in [4.69, 9.17) is 19.6 Å². The Balaban J connectivity index is 1.92. The summed E-state index contributed by atoms with van der Waals surface area (Å²) in [5, 5.41) is 0. The highest BCUT2D eigenvalue weighted by Crippen LogP contribution is 2.39. The molecule has 1 aliphatic heterocycles. The number of allylic oxidation sites excluding steroid dienone is 1. The second-order valence-electron chi connectivity index (χ2n) is 4.78. The molecule has 1 aliphatic rings. The van der Waals surface area contributed by atoms with Crippen molar-refractivity contribution in [2.75, 3.05) is 6.61 Å². The van der Waals surface area contributed by atoms with Crippen molar-refractivity contribution in [3.8, 4) is 11.5 Å².